The summed E-state index contributed by atoms with van der Waals surface area (Å²) in [6, 6.07) is 0. The lowest BCUT2D eigenvalue weighted by atomic mass is 9.99. The smallest absolute Gasteiger partial charge is 0.190 e. The zero-order chi connectivity index (χ0) is 14.0. The maximum Gasteiger partial charge on any atom is 0.190 e. The molecule has 3 fully saturated rings. The molecule has 3 aliphatic heterocycles. The van der Waals surface area contributed by atoms with Gasteiger partial charge in [-0.15, -0.1) is 0 Å². The van der Waals surface area contributed by atoms with Gasteiger partial charge in [-0.3, -0.25) is 0 Å². The Balaban J connectivity index is 1.89. The number of ether oxygens (including phenoxy) is 5. The first-order chi connectivity index (χ1) is 8.69. The first-order valence-corrected chi connectivity index (χ1v) is 6.16. The van der Waals surface area contributed by atoms with Gasteiger partial charge in [-0.2, -0.15) is 0 Å². The number of hydrogen-bond donors (Lipinski definition) is 1. The lowest BCUT2D eigenvalue weighted by Crippen LogP contribution is -2.56. The standard InChI is InChI=1S/C12H20O6/c1-11(2)15-7-6(5-13)14-10-9(8(7)16-11)17-12(3,4)18-10/h6-10,13H,5H2,1-4H3/t6-,7+,8+,9-,10-/m1/s1/i5D/t5?,6-,7+,8+,9-,10-. The Morgan fingerprint density at radius 1 is 0.944 bits per heavy atom. The van der Waals surface area contributed by atoms with Crippen LogP contribution < -0.4 is 0 Å². The van der Waals surface area contributed by atoms with Gasteiger partial charge in [0.25, 0.3) is 0 Å². The van der Waals surface area contributed by atoms with Gasteiger partial charge in [-0.25, -0.2) is 0 Å². The monoisotopic (exact) mass is 261 g/mol. The summed E-state index contributed by atoms with van der Waals surface area (Å²) in [5.41, 5.74) is 0. The van der Waals surface area contributed by atoms with Crippen LogP contribution in [0.4, 0.5) is 0 Å². The summed E-state index contributed by atoms with van der Waals surface area (Å²) in [5.74, 6) is -1.57. The van der Waals surface area contributed by atoms with Gasteiger partial charge in [-0.1, -0.05) is 0 Å². The van der Waals surface area contributed by atoms with E-state index in [9.17, 15) is 5.11 Å². The molecule has 3 heterocycles. The highest BCUT2D eigenvalue weighted by Crippen LogP contribution is 2.43. The van der Waals surface area contributed by atoms with Crippen LogP contribution in [0.2, 0.25) is 0 Å². The molecule has 6 nitrogen and oxygen atoms in total. The lowest BCUT2D eigenvalue weighted by molar-refractivity contribution is -0.240. The first kappa shape index (κ1) is 11.6. The molecule has 0 saturated carbocycles. The molecule has 1 N–H and O–H groups in total. The van der Waals surface area contributed by atoms with E-state index < -0.39 is 48.9 Å². The fraction of sp³-hybridized carbons (Fsp3) is 1.00. The molecule has 0 bridgehead atoms. The predicted molar refractivity (Wildman–Crippen MR) is 59.6 cm³/mol. The van der Waals surface area contributed by atoms with Gasteiger partial charge in [-0.05, 0) is 27.7 Å². The number of rotatable bonds is 1. The van der Waals surface area contributed by atoms with E-state index in [1.807, 2.05) is 0 Å². The van der Waals surface area contributed by atoms with E-state index in [0.717, 1.165) is 0 Å². The molecule has 3 rings (SSSR count). The molecule has 18 heavy (non-hydrogen) atoms. The van der Waals surface area contributed by atoms with E-state index >= 15 is 0 Å². The quantitative estimate of drug-likeness (QED) is 0.736. The first-order valence-electron chi connectivity index (χ1n) is 6.73. The molecule has 0 aromatic rings. The molecular weight excluding hydrogens is 240 g/mol. The van der Waals surface area contributed by atoms with Crippen LogP contribution in [0.25, 0.3) is 0 Å². The maximum absolute atomic E-state index is 9.55. The number of fused-ring (bicyclic) bond motifs is 3. The fourth-order valence-electron chi connectivity index (χ4n) is 2.76. The van der Waals surface area contributed by atoms with Gasteiger partial charge in [0.15, 0.2) is 17.9 Å². The summed E-state index contributed by atoms with van der Waals surface area (Å²) in [4.78, 5) is 0. The highest BCUT2D eigenvalue weighted by atomic mass is 16.9. The van der Waals surface area contributed by atoms with Crippen LogP contribution in [-0.4, -0.2) is 54.0 Å². The van der Waals surface area contributed by atoms with Gasteiger partial charge in [0, 0.05) is 0 Å². The SMILES string of the molecule is [2H]C(O)[C@H]1O[C@@H]2OC(C)(C)O[C@@H]2[C@H]2OC(C)(C)O[C@H]21. The van der Waals surface area contributed by atoms with E-state index in [0.29, 0.717) is 0 Å². The fourth-order valence-corrected chi connectivity index (χ4v) is 2.76. The minimum absolute atomic E-state index is 0.416. The van der Waals surface area contributed by atoms with Crippen LogP contribution in [-0.2, 0) is 23.7 Å². The van der Waals surface area contributed by atoms with Gasteiger partial charge in [0.2, 0.25) is 0 Å². The van der Waals surface area contributed by atoms with Gasteiger partial charge < -0.3 is 28.8 Å². The van der Waals surface area contributed by atoms with Crippen molar-refractivity contribution in [2.45, 2.75) is 70.0 Å². The summed E-state index contributed by atoms with van der Waals surface area (Å²) in [5, 5.41) is 9.55. The van der Waals surface area contributed by atoms with Crippen molar-refractivity contribution in [1.82, 2.24) is 0 Å². The Hall–Kier alpha value is -0.240. The Kier molecular flexibility index (Phi) is 2.49. The molecule has 0 radical (unpaired) electrons. The second kappa shape index (κ2) is 3.88. The second-order valence-electron chi connectivity index (χ2n) is 5.78. The molecule has 3 aliphatic rings. The molecule has 6 atom stereocenters. The van der Waals surface area contributed by atoms with Crippen LogP contribution in [0.15, 0.2) is 0 Å². The van der Waals surface area contributed by atoms with E-state index in [4.69, 9.17) is 25.1 Å². The normalized spacial score (nSPS) is 51.4. The molecule has 0 aliphatic carbocycles. The third-order valence-electron chi connectivity index (χ3n) is 3.34. The maximum atomic E-state index is 9.55. The van der Waals surface area contributed by atoms with Crippen molar-refractivity contribution < 1.29 is 30.2 Å². The van der Waals surface area contributed by atoms with Gasteiger partial charge >= 0.3 is 0 Å². The molecule has 0 amide bonds. The minimum atomic E-state index is -1.42. The summed E-state index contributed by atoms with van der Waals surface area (Å²) < 4.78 is 36.1. The van der Waals surface area contributed by atoms with E-state index in [2.05, 4.69) is 0 Å². The average Bonchev–Trinajstić information content (AvgIpc) is 2.70. The molecule has 1 unspecified atom stereocenters. The van der Waals surface area contributed by atoms with Crippen LogP contribution in [0.3, 0.4) is 0 Å². The molecular formula is C12H20O6. The van der Waals surface area contributed by atoms with Crippen molar-refractivity contribution in [3.63, 3.8) is 0 Å². The van der Waals surface area contributed by atoms with E-state index in [1.54, 1.807) is 27.7 Å². The summed E-state index contributed by atoms with van der Waals surface area (Å²) in [6.45, 7) is 5.73. The summed E-state index contributed by atoms with van der Waals surface area (Å²) >= 11 is 0. The lowest BCUT2D eigenvalue weighted by Gasteiger charge is -2.36. The number of aliphatic hydroxyl groups excluding tert-OH is 1. The largest absolute Gasteiger partial charge is 0.394 e. The van der Waals surface area contributed by atoms with Crippen molar-refractivity contribution in [1.29, 1.82) is 0 Å². The predicted octanol–water partition coefficient (Wildman–Crippen LogP) is 0.375. The zero-order valence-electron chi connectivity index (χ0n) is 12.0. The van der Waals surface area contributed by atoms with Crippen LogP contribution in [0, 0.1) is 0 Å². The second-order valence-corrected chi connectivity index (χ2v) is 5.78. The van der Waals surface area contributed by atoms with Crippen LogP contribution in [0.5, 0.6) is 0 Å². The van der Waals surface area contributed by atoms with Gasteiger partial charge in [0.05, 0.1) is 7.95 Å². The molecule has 6 heteroatoms. The Morgan fingerprint density at radius 3 is 2.17 bits per heavy atom. The topological polar surface area (TPSA) is 66.4 Å². The Morgan fingerprint density at radius 2 is 1.50 bits per heavy atom. The molecule has 0 aromatic carbocycles. The Labute approximate surface area is 108 Å². The van der Waals surface area contributed by atoms with Crippen molar-refractivity contribution in [3.05, 3.63) is 0 Å². The van der Waals surface area contributed by atoms with Gasteiger partial charge in [0.1, 0.15) is 24.4 Å². The van der Waals surface area contributed by atoms with E-state index in [1.165, 1.54) is 0 Å². The third kappa shape index (κ3) is 1.97. The van der Waals surface area contributed by atoms with Crippen molar-refractivity contribution in [2.24, 2.45) is 0 Å². The van der Waals surface area contributed by atoms with Crippen LogP contribution in [0.1, 0.15) is 29.1 Å². The van der Waals surface area contributed by atoms with E-state index in [-0.39, 0.29) is 0 Å². The zero-order valence-corrected chi connectivity index (χ0v) is 11.0. The summed E-state index contributed by atoms with van der Waals surface area (Å²) in [7, 11) is 0. The summed E-state index contributed by atoms with van der Waals surface area (Å²) in [6.07, 6.45) is -2.84. The highest BCUT2D eigenvalue weighted by Gasteiger charge is 2.60. The van der Waals surface area contributed by atoms with Crippen LogP contribution >= 0.6 is 0 Å². The average molecular weight is 261 g/mol. The molecule has 3 saturated heterocycles. The highest BCUT2D eigenvalue weighted by molar-refractivity contribution is 4.99. The van der Waals surface area contributed by atoms with Crippen molar-refractivity contribution in [2.75, 3.05) is 6.58 Å². The molecule has 0 spiro atoms. The molecule has 104 valence electrons. The van der Waals surface area contributed by atoms with Crippen molar-refractivity contribution >= 4 is 0 Å². The number of hydrogen-bond acceptors (Lipinski definition) is 6. The molecule has 0 aromatic heterocycles. The van der Waals surface area contributed by atoms with Crippen molar-refractivity contribution in [3.8, 4) is 0 Å². The minimum Gasteiger partial charge on any atom is -0.394 e. The number of aliphatic hydroxyl groups is 1. The third-order valence-corrected chi connectivity index (χ3v) is 3.34. The Bertz CT molecular complexity index is 371.